The lowest BCUT2D eigenvalue weighted by Gasteiger charge is -2.32. The van der Waals surface area contributed by atoms with Gasteiger partial charge in [0.05, 0.1) is 17.4 Å². The van der Waals surface area contributed by atoms with E-state index in [2.05, 4.69) is 15.3 Å². The maximum absolute atomic E-state index is 13.0. The van der Waals surface area contributed by atoms with Gasteiger partial charge in [-0.3, -0.25) is 5.32 Å². The Morgan fingerprint density at radius 3 is 2.61 bits per heavy atom. The highest BCUT2D eigenvalue weighted by molar-refractivity contribution is 5.81. The lowest BCUT2D eigenvalue weighted by atomic mass is 10.0. The number of aromatic nitrogens is 2. The van der Waals surface area contributed by atoms with E-state index in [-0.39, 0.29) is 13.0 Å². The van der Waals surface area contributed by atoms with Crippen molar-refractivity contribution in [2.24, 2.45) is 0 Å². The summed E-state index contributed by atoms with van der Waals surface area (Å²) in [5, 5.41) is 3.09. The highest BCUT2D eigenvalue weighted by Crippen LogP contribution is 2.39. The number of aryl methyl sites for hydroxylation is 1. The van der Waals surface area contributed by atoms with E-state index < -0.39 is 17.9 Å². The van der Waals surface area contributed by atoms with Gasteiger partial charge in [0.15, 0.2) is 5.72 Å². The van der Waals surface area contributed by atoms with Crippen molar-refractivity contribution in [3.63, 3.8) is 0 Å². The third-order valence-electron chi connectivity index (χ3n) is 5.98. The molecule has 33 heavy (non-hydrogen) atoms. The molecule has 168 valence electrons. The van der Waals surface area contributed by atoms with Crippen LogP contribution in [0.5, 0.6) is 0 Å². The van der Waals surface area contributed by atoms with Crippen LogP contribution in [0.2, 0.25) is 0 Å². The molecule has 0 amide bonds. The van der Waals surface area contributed by atoms with Crippen LogP contribution in [-0.2, 0) is 28.2 Å². The van der Waals surface area contributed by atoms with Gasteiger partial charge in [0.25, 0.3) is 0 Å². The molecule has 0 bridgehead atoms. The lowest BCUT2D eigenvalue weighted by molar-refractivity contribution is -0.219. The zero-order chi connectivity index (χ0) is 23.1. The first-order valence-electron chi connectivity index (χ1n) is 10.5. The van der Waals surface area contributed by atoms with Crippen molar-refractivity contribution in [1.29, 1.82) is 0 Å². The van der Waals surface area contributed by atoms with Crippen LogP contribution in [-0.4, -0.2) is 22.1 Å². The number of rotatable bonds is 5. The molecule has 0 radical (unpaired) electrons. The number of hydrogen-bond acceptors (Lipinski definition) is 4. The molecule has 8 heteroatoms. The van der Waals surface area contributed by atoms with Gasteiger partial charge < -0.3 is 9.72 Å². The number of carbonyl (C=O) groups is 1. The lowest BCUT2D eigenvalue weighted by Crippen LogP contribution is -2.46. The van der Waals surface area contributed by atoms with Crippen molar-refractivity contribution in [1.82, 2.24) is 15.3 Å². The average molecular weight is 451 g/mol. The Kier molecular flexibility index (Phi) is 5.17. The molecule has 5 nitrogen and oxygen atoms in total. The number of benzene rings is 3. The number of nitrogens with zero attached hydrogens (tertiary/aromatic N) is 1. The smallest absolute Gasteiger partial charge is 0.433 e. The SMILES string of the molecule is O=C(O[C@]1(NCc2ccc(-c3ccc4[nH]cnc4c3)cc2)CCc2ccccc21)C(F)(F)F. The minimum atomic E-state index is -5.07. The molecular formula is C25H20F3N3O2. The number of aromatic amines is 1. The number of fused-ring (bicyclic) bond motifs is 2. The Balaban J connectivity index is 1.37. The molecule has 0 spiro atoms. The molecule has 0 fully saturated rings. The van der Waals surface area contributed by atoms with E-state index in [1.807, 2.05) is 54.6 Å². The van der Waals surface area contributed by atoms with Crippen LogP contribution in [0.3, 0.4) is 0 Å². The first kappa shape index (κ1) is 21.2. The van der Waals surface area contributed by atoms with E-state index >= 15 is 0 Å². The molecule has 1 heterocycles. The van der Waals surface area contributed by atoms with E-state index in [9.17, 15) is 18.0 Å². The predicted octanol–water partition coefficient (Wildman–Crippen LogP) is 5.22. The maximum atomic E-state index is 13.0. The van der Waals surface area contributed by atoms with Gasteiger partial charge in [0, 0.05) is 18.5 Å². The molecule has 1 aliphatic rings. The van der Waals surface area contributed by atoms with E-state index in [4.69, 9.17) is 4.74 Å². The molecule has 1 aliphatic carbocycles. The average Bonchev–Trinajstić information content (AvgIpc) is 3.42. The monoisotopic (exact) mass is 451 g/mol. The normalized spacial score (nSPS) is 17.8. The third kappa shape index (κ3) is 4.09. The van der Waals surface area contributed by atoms with Crippen LogP contribution < -0.4 is 5.32 Å². The number of esters is 1. The second-order valence-corrected chi connectivity index (χ2v) is 8.06. The zero-order valence-electron chi connectivity index (χ0n) is 17.4. The van der Waals surface area contributed by atoms with Crippen molar-refractivity contribution < 1.29 is 22.7 Å². The summed E-state index contributed by atoms with van der Waals surface area (Å²) in [6.07, 6.45) is -2.67. The summed E-state index contributed by atoms with van der Waals surface area (Å²) >= 11 is 0. The molecule has 0 saturated heterocycles. The number of nitrogens with one attached hydrogen (secondary N) is 2. The van der Waals surface area contributed by atoms with Crippen molar-refractivity contribution >= 4 is 17.0 Å². The van der Waals surface area contributed by atoms with E-state index in [1.54, 1.807) is 18.5 Å². The summed E-state index contributed by atoms with van der Waals surface area (Å²) in [5.74, 6) is -2.20. The van der Waals surface area contributed by atoms with E-state index in [0.717, 1.165) is 33.3 Å². The molecule has 5 rings (SSSR count). The van der Waals surface area contributed by atoms with Crippen LogP contribution >= 0.6 is 0 Å². The summed E-state index contributed by atoms with van der Waals surface area (Å²) in [7, 11) is 0. The molecular weight excluding hydrogens is 431 g/mol. The Morgan fingerprint density at radius 1 is 1.06 bits per heavy atom. The first-order valence-corrected chi connectivity index (χ1v) is 10.5. The van der Waals surface area contributed by atoms with Gasteiger partial charge in [0.2, 0.25) is 0 Å². The fraction of sp³-hybridized carbons (Fsp3) is 0.200. The third-order valence-corrected chi connectivity index (χ3v) is 5.98. The van der Waals surface area contributed by atoms with Gasteiger partial charge >= 0.3 is 12.1 Å². The van der Waals surface area contributed by atoms with Gasteiger partial charge in [-0.15, -0.1) is 0 Å². The number of H-pyrrole nitrogens is 1. The zero-order valence-corrected chi connectivity index (χ0v) is 17.4. The van der Waals surface area contributed by atoms with Gasteiger partial charge in [-0.1, -0.05) is 54.6 Å². The summed E-state index contributed by atoms with van der Waals surface area (Å²) in [4.78, 5) is 19.1. The Morgan fingerprint density at radius 2 is 1.82 bits per heavy atom. The van der Waals surface area contributed by atoms with Gasteiger partial charge in [0.1, 0.15) is 0 Å². The van der Waals surface area contributed by atoms with Crippen molar-refractivity contribution in [2.45, 2.75) is 31.3 Å². The van der Waals surface area contributed by atoms with Gasteiger partial charge in [-0.25, -0.2) is 9.78 Å². The second-order valence-electron chi connectivity index (χ2n) is 8.06. The Labute approximate surface area is 187 Å². The largest absolute Gasteiger partial charge is 0.491 e. The molecule has 0 aliphatic heterocycles. The van der Waals surface area contributed by atoms with Crippen LogP contribution in [0.1, 0.15) is 23.1 Å². The van der Waals surface area contributed by atoms with Gasteiger partial charge in [-0.2, -0.15) is 13.2 Å². The van der Waals surface area contributed by atoms with Gasteiger partial charge in [-0.05, 0) is 40.8 Å². The summed E-state index contributed by atoms with van der Waals surface area (Å²) in [5.41, 5.74) is 4.58. The molecule has 1 aromatic heterocycles. The highest BCUT2D eigenvalue weighted by atomic mass is 19.4. The van der Waals surface area contributed by atoms with Crippen molar-refractivity contribution in [2.75, 3.05) is 0 Å². The first-order chi connectivity index (χ1) is 15.8. The van der Waals surface area contributed by atoms with Crippen LogP contribution in [0.4, 0.5) is 13.2 Å². The summed E-state index contributed by atoms with van der Waals surface area (Å²) < 4.78 is 44.0. The molecule has 4 aromatic rings. The number of hydrogen-bond donors (Lipinski definition) is 2. The van der Waals surface area contributed by atoms with Crippen molar-refractivity contribution in [3.05, 3.63) is 89.7 Å². The molecule has 3 aromatic carbocycles. The van der Waals surface area contributed by atoms with Crippen molar-refractivity contribution in [3.8, 4) is 11.1 Å². The predicted molar refractivity (Wildman–Crippen MR) is 117 cm³/mol. The fourth-order valence-electron chi connectivity index (χ4n) is 4.29. The number of halogens is 3. The van der Waals surface area contributed by atoms with E-state index in [1.165, 1.54) is 0 Å². The quantitative estimate of drug-likeness (QED) is 0.322. The molecule has 0 saturated carbocycles. The minimum Gasteiger partial charge on any atom is -0.433 e. The number of carbonyl (C=O) groups excluding carboxylic acids is 1. The van der Waals surface area contributed by atoms with E-state index in [0.29, 0.717) is 12.0 Å². The van der Waals surface area contributed by atoms with Crippen LogP contribution in [0.25, 0.3) is 22.2 Å². The van der Waals surface area contributed by atoms with Crippen LogP contribution in [0, 0.1) is 0 Å². The Bertz CT molecular complexity index is 1310. The van der Waals surface area contributed by atoms with Crippen LogP contribution in [0.15, 0.2) is 73.1 Å². The topological polar surface area (TPSA) is 67.0 Å². The molecule has 0 unspecified atom stereocenters. The second kappa shape index (κ2) is 8.04. The maximum Gasteiger partial charge on any atom is 0.491 e. The molecule has 2 N–H and O–H groups in total. The summed E-state index contributed by atoms with van der Waals surface area (Å²) in [6, 6.07) is 20.7. The standard InChI is InChI=1S/C25H20F3N3O2/c26-25(27,28)23(32)33-24(12-11-18-3-1-2-4-20(18)24)31-14-16-5-7-17(8-6-16)19-9-10-21-22(13-19)30-15-29-21/h1-10,13,15,31H,11-12,14H2,(H,29,30)/t24-/m1/s1. The number of imidazole rings is 1. The highest BCUT2D eigenvalue weighted by Gasteiger charge is 2.49. The Hall–Kier alpha value is -3.65. The molecule has 1 atom stereocenters. The number of ether oxygens (including phenoxy) is 1. The fourth-order valence-corrected chi connectivity index (χ4v) is 4.29. The number of alkyl halides is 3. The summed E-state index contributed by atoms with van der Waals surface area (Å²) in [6.45, 7) is 0.234. The minimum absolute atomic E-state index is 0.232.